The minimum absolute atomic E-state index is 0.0714. The molecule has 0 bridgehead atoms. The van der Waals surface area contributed by atoms with Crippen LogP contribution in [0.15, 0.2) is 54.9 Å². The maximum atomic E-state index is 7.80. The molecule has 1 unspecified atom stereocenters. The van der Waals surface area contributed by atoms with Gasteiger partial charge in [0, 0.05) is 25.5 Å². The third-order valence-corrected chi connectivity index (χ3v) is 3.25. The molecule has 0 aliphatic heterocycles. The van der Waals surface area contributed by atoms with Gasteiger partial charge in [-0.15, -0.1) is 0 Å². The second kappa shape index (κ2) is 6.82. The van der Waals surface area contributed by atoms with Gasteiger partial charge >= 0.3 is 0 Å². The number of nitrogens with zero attached hydrogens (tertiary/aromatic N) is 2. The first-order chi connectivity index (χ1) is 9.66. The third kappa shape index (κ3) is 3.90. The summed E-state index contributed by atoms with van der Waals surface area (Å²) in [5.41, 5.74) is 7.99. The Labute approximate surface area is 119 Å². The fourth-order valence-corrected chi connectivity index (χ4v) is 2.25. The number of amidine groups is 1. The molecule has 0 spiro atoms. The molecular formula is C16H20N4. The number of rotatable bonds is 6. The monoisotopic (exact) mass is 268 g/mol. The Kier molecular flexibility index (Phi) is 4.85. The van der Waals surface area contributed by atoms with Gasteiger partial charge in [-0.3, -0.25) is 10.4 Å². The zero-order chi connectivity index (χ0) is 14.4. The highest BCUT2D eigenvalue weighted by Crippen LogP contribution is 2.17. The van der Waals surface area contributed by atoms with Crippen molar-refractivity contribution < 1.29 is 0 Å². The van der Waals surface area contributed by atoms with Crippen molar-refractivity contribution in [3.05, 3.63) is 66.0 Å². The molecule has 0 saturated heterocycles. The van der Waals surface area contributed by atoms with E-state index in [4.69, 9.17) is 11.1 Å². The van der Waals surface area contributed by atoms with Gasteiger partial charge < -0.3 is 10.6 Å². The summed E-state index contributed by atoms with van der Waals surface area (Å²) >= 11 is 0. The van der Waals surface area contributed by atoms with E-state index >= 15 is 0 Å². The molecule has 3 N–H and O–H groups in total. The Morgan fingerprint density at radius 1 is 1.25 bits per heavy atom. The minimum atomic E-state index is -0.0714. The Bertz CT molecular complexity index is 539. The number of pyridine rings is 1. The van der Waals surface area contributed by atoms with Gasteiger partial charge in [0.05, 0.1) is 11.8 Å². The van der Waals surface area contributed by atoms with Crippen molar-refractivity contribution >= 4 is 5.84 Å². The van der Waals surface area contributed by atoms with Crippen LogP contribution in [0.5, 0.6) is 0 Å². The number of nitrogens with two attached hydrogens (primary N) is 1. The van der Waals surface area contributed by atoms with Crippen LogP contribution in [-0.4, -0.2) is 29.3 Å². The van der Waals surface area contributed by atoms with Crippen LogP contribution in [0.3, 0.4) is 0 Å². The van der Waals surface area contributed by atoms with Crippen molar-refractivity contribution in [2.24, 2.45) is 5.73 Å². The van der Waals surface area contributed by atoms with E-state index in [1.165, 1.54) is 0 Å². The molecule has 20 heavy (non-hydrogen) atoms. The molecule has 4 nitrogen and oxygen atoms in total. The highest BCUT2D eigenvalue weighted by Gasteiger charge is 2.17. The van der Waals surface area contributed by atoms with Gasteiger partial charge in [0.1, 0.15) is 0 Å². The van der Waals surface area contributed by atoms with E-state index in [1.54, 1.807) is 6.20 Å². The number of aromatic nitrogens is 1. The highest BCUT2D eigenvalue weighted by atomic mass is 15.1. The molecule has 1 aromatic heterocycles. The van der Waals surface area contributed by atoms with Crippen LogP contribution in [0.25, 0.3) is 0 Å². The lowest BCUT2D eigenvalue weighted by Gasteiger charge is -2.23. The van der Waals surface area contributed by atoms with E-state index in [0.29, 0.717) is 6.54 Å². The predicted molar refractivity (Wildman–Crippen MR) is 81.7 cm³/mol. The second-order valence-electron chi connectivity index (χ2n) is 4.98. The minimum Gasteiger partial charge on any atom is -0.387 e. The summed E-state index contributed by atoms with van der Waals surface area (Å²) in [5.74, 6) is 0.132. The van der Waals surface area contributed by atoms with Crippen molar-refractivity contribution in [2.75, 3.05) is 13.6 Å². The number of hydrogen-bond donors (Lipinski definition) is 2. The summed E-state index contributed by atoms with van der Waals surface area (Å²) in [6, 6.07) is 13.9. The molecule has 2 rings (SSSR count). The lowest BCUT2D eigenvalue weighted by atomic mass is 9.97. The van der Waals surface area contributed by atoms with E-state index in [-0.39, 0.29) is 11.8 Å². The van der Waals surface area contributed by atoms with E-state index in [2.05, 4.69) is 16.0 Å². The Morgan fingerprint density at radius 2 is 2.00 bits per heavy atom. The molecular weight excluding hydrogens is 248 g/mol. The van der Waals surface area contributed by atoms with Crippen molar-refractivity contribution in [1.82, 2.24) is 9.88 Å². The number of nitrogens with one attached hydrogen (secondary N) is 1. The molecule has 1 aromatic carbocycles. The molecule has 0 radical (unpaired) electrons. The Balaban J connectivity index is 2.04. The summed E-state index contributed by atoms with van der Waals surface area (Å²) in [5, 5.41) is 7.80. The number of hydrogen-bond acceptors (Lipinski definition) is 3. The summed E-state index contributed by atoms with van der Waals surface area (Å²) < 4.78 is 0. The van der Waals surface area contributed by atoms with Gasteiger partial charge in [0.15, 0.2) is 0 Å². The smallest absolute Gasteiger partial charge is 0.0995 e. The lowest BCUT2D eigenvalue weighted by molar-refractivity contribution is 0.322. The average Bonchev–Trinajstić information content (AvgIpc) is 2.46. The molecule has 0 aliphatic carbocycles. The van der Waals surface area contributed by atoms with Gasteiger partial charge in [-0.05, 0) is 24.2 Å². The molecule has 0 aliphatic rings. The summed E-state index contributed by atoms with van der Waals surface area (Å²) in [7, 11) is 2.03. The van der Waals surface area contributed by atoms with E-state index in [1.807, 2.05) is 49.6 Å². The normalized spacial score (nSPS) is 12.3. The van der Waals surface area contributed by atoms with Crippen LogP contribution in [0.4, 0.5) is 0 Å². The van der Waals surface area contributed by atoms with Crippen molar-refractivity contribution in [1.29, 1.82) is 5.41 Å². The third-order valence-electron chi connectivity index (χ3n) is 3.25. The van der Waals surface area contributed by atoms with Crippen molar-refractivity contribution in [3.63, 3.8) is 0 Å². The standard InChI is InChI=1S/C16H20N4/c1-20(11-13-6-5-9-19-10-13)12-15(16(17)18)14-7-3-2-4-8-14/h2-10,15H,11-12H2,1H3,(H3,17,18). The van der Waals surface area contributed by atoms with Gasteiger partial charge in [-0.2, -0.15) is 0 Å². The van der Waals surface area contributed by atoms with Crippen LogP contribution < -0.4 is 5.73 Å². The van der Waals surface area contributed by atoms with Crippen LogP contribution in [0.1, 0.15) is 17.0 Å². The number of benzene rings is 1. The fourth-order valence-electron chi connectivity index (χ4n) is 2.25. The Morgan fingerprint density at radius 3 is 2.60 bits per heavy atom. The van der Waals surface area contributed by atoms with Crippen LogP contribution >= 0.6 is 0 Å². The maximum Gasteiger partial charge on any atom is 0.0995 e. The zero-order valence-corrected chi connectivity index (χ0v) is 11.7. The molecule has 0 saturated carbocycles. The predicted octanol–water partition coefficient (Wildman–Crippen LogP) is 2.23. The second-order valence-corrected chi connectivity index (χ2v) is 4.98. The fraction of sp³-hybridized carbons (Fsp3) is 0.250. The number of likely N-dealkylation sites (N-methyl/N-ethyl adjacent to an activating group) is 1. The highest BCUT2D eigenvalue weighted by molar-refractivity contribution is 5.84. The summed E-state index contributed by atoms with van der Waals surface area (Å²) in [6.07, 6.45) is 3.63. The first-order valence-electron chi connectivity index (χ1n) is 6.63. The lowest BCUT2D eigenvalue weighted by Crippen LogP contribution is -2.32. The molecule has 0 amide bonds. The largest absolute Gasteiger partial charge is 0.387 e. The van der Waals surface area contributed by atoms with Gasteiger partial charge in [0.25, 0.3) is 0 Å². The average molecular weight is 268 g/mol. The van der Waals surface area contributed by atoms with Gasteiger partial charge in [-0.1, -0.05) is 36.4 Å². The van der Waals surface area contributed by atoms with Crippen LogP contribution in [-0.2, 0) is 6.54 Å². The maximum absolute atomic E-state index is 7.80. The van der Waals surface area contributed by atoms with Gasteiger partial charge in [0.2, 0.25) is 0 Å². The van der Waals surface area contributed by atoms with E-state index < -0.39 is 0 Å². The molecule has 1 atom stereocenters. The summed E-state index contributed by atoms with van der Waals surface area (Å²) in [4.78, 5) is 6.28. The van der Waals surface area contributed by atoms with Gasteiger partial charge in [-0.25, -0.2) is 0 Å². The van der Waals surface area contributed by atoms with Crippen LogP contribution in [0.2, 0.25) is 0 Å². The van der Waals surface area contributed by atoms with Crippen molar-refractivity contribution in [2.45, 2.75) is 12.5 Å². The quantitative estimate of drug-likeness (QED) is 0.623. The van der Waals surface area contributed by atoms with E-state index in [0.717, 1.165) is 17.7 Å². The Hall–Kier alpha value is -2.20. The topological polar surface area (TPSA) is 66.0 Å². The van der Waals surface area contributed by atoms with Crippen molar-refractivity contribution in [3.8, 4) is 0 Å². The molecule has 0 fully saturated rings. The SMILES string of the molecule is CN(Cc1cccnc1)CC(C(=N)N)c1ccccc1. The first-order valence-corrected chi connectivity index (χ1v) is 6.63. The molecule has 2 aromatic rings. The molecule has 104 valence electrons. The molecule has 4 heteroatoms. The first kappa shape index (κ1) is 14.2. The molecule has 1 heterocycles. The van der Waals surface area contributed by atoms with Crippen LogP contribution in [0, 0.1) is 5.41 Å². The summed E-state index contributed by atoms with van der Waals surface area (Å²) in [6.45, 7) is 1.51. The van der Waals surface area contributed by atoms with E-state index in [9.17, 15) is 0 Å². The zero-order valence-electron chi connectivity index (χ0n) is 11.7.